The fraction of sp³-hybridized carbons (Fsp3) is 0.368. The molecule has 1 saturated heterocycles. The number of hydrogen-bond donors (Lipinski definition) is 1. The van der Waals surface area contributed by atoms with Crippen molar-refractivity contribution in [3.8, 4) is 0 Å². The number of carbonyl (C=O) groups excluding carboxylic acids is 2. The maximum atomic E-state index is 12.4. The van der Waals surface area contributed by atoms with Crippen LogP contribution in [-0.4, -0.2) is 67.7 Å². The summed E-state index contributed by atoms with van der Waals surface area (Å²) in [7, 11) is -3.79. The minimum atomic E-state index is -3.79. The summed E-state index contributed by atoms with van der Waals surface area (Å²) in [5, 5.41) is 0. The van der Waals surface area contributed by atoms with Crippen molar-refractivity contribution in [1.82, 2.24) is 19.6 Å². The molecule has 0 radical (unpaired) electrons. The third-order valence-corrected chi connectivity index (χ3v) is 6.11. The first kappa shape index (κ1) is 20.9. The highest BCUT2D eigenvalue weighted by Gasteiger charge is 2.23. The molecule has 1 amide bonds. The number of piperazine rings is 1. The number of ketones is 1. The van der Waals surface area contributed by atoms with Crippen LogP contribution in [0.25, 0.3) is 0 Å². The average Bonchev–Trinajstić information content (AvgIpc) is 2.74. The van der Waals surface area contributed by atoms with E-state index in [0.29, 0.717) is 37.7 Å². The third kappa shape index (κ3) is 5.36. The van der Waals surface area contributed by atoms with Gasteiger partial charge in [-0.05, 0) is 25.1 Å². The van der Waals surface area contributed by atoms with Crippen LogP contribution in [-0.2, 0) is 14.8 Å². The Bertz CT molecular complexity index is 973. The molecular formula is C19H23N5O4S. The molecule has 9 nitrogen and oxygen atoms in total. The van der Waals surface area contributed by atoms with Crippen LogP contribution in [0.5, 0.6) is 0 Å². The molecule has 29 heavy (non-hydrogen) atoms. The lowest BCUT2D eigenvalue weighted by molar-refractivity contribution is -0.131. The van der Waals surface area contributed by atoms with Crippen LogP contribution in [0, 0.1) is 0 Å². The molecule has 3 rings (SSSR count). The second-order valence-electron chi connectivity index (χ2n) is 6.65. The van der Waals surface area contributed by atoms with Crippen LogP contribution in [0.4, 0.5) is 5.95 Å². The molecule has 1 aliphatic heterocycles. The summed E-state index contributed by atoms with van der Waals surface area (Å²) in [6, 6.07) is 7.58. The minimum Gasteiger partial charge on any atom is -0.339 e. The van der Waals surface area contributed by atoms with Gasteiger partial charge in [0.05, 0.1) is 4.90 Å². The molecule has 2 aromatic rings. The van der Waals surface area contributed by atoms with Gasteiger partial charge in [-0.3, -0.25) is 9.59 Å². The van der Waals surface area contributed by atoms with Crippen LogP contribution in [0.2, 0.25) is 0 Å². The summed E-state index contributed by atoms with van der Waals surface area (Å²) in [6.07, 6.45) is 3.42. The molecule has 1 aromatic heterocycles. The molecule has 0 unspecified atom stereocenters. The summed E-state index contributed by atoms with van der Waals surface area (Å²) in [5.41, 5.74) is 0.323. The first-order valence-electron chi connectivity index (χ1n) is 9.27. The zero-order chi connectivity index (χ0) is 20.9. The van der Waals surface area contributed by atoms with Gasteiger partial charge in [0.1, 0.15) is 0 Å². The monoisotopic (exact) mass is 417 g/mol. The van der Waals surface area contributed by atoms with Crippen LogP contribution in [0.1, 0.15) is 23.7 Å². The molecule has 0 atom stereocenters. The molecule has 0 spiro atoms. The average molecular weight is 417 g/mol. The Hall–Kier alpha value is -2.85. The Morgan fingerprint density at radius 1 is 1.07 bits per heavy atom. The van der Waals surface area contributed by atoms with E-state index in [1.807, 2.05) is 4.90 Å². The van der Waals surface area contributed by atoms with Crippen molar-refractivity contribution in [2.75, 3.05) is 37.6 Å². The Morgan fingerprint density at radius 2 is 1.76 bits per heavy atom. The standard InChI is InChI=1S/C19H23N5O4S/c1-15(25)16-4-2-5-17(14-16)29(27,28)22-9-6-18(26)23-10-12-24(13-11-23)19-20-7-3-8-21-19/h2-5,7-8,14,22H,6,9-13H2,1H3. The number of Topliss-reactive ketones (excluding diaryl/α,β-unsaturated/α-hetero) is 1. The number of aromatic nitrogens is 2. The summed E-state index contributed by atoms with van der Waals surface area (Å²) >= 11 is 0. The predicted octanol–water partition coefficient (Wildman–Crippen LogP) is 0.696. The molecule has 10 heteroatoms. The Kier molecular flexibility index (Phi) is 6.55. The zero-order valence-electron chi connectivity index (χ0n) is 16.1. The van der Waals surface area contributed by atoms with Crippen molar-refractivity contribution >= 4 is 27.7 Å². The van der Waals surface area contributed by atoms with Gasteiger partial charge in [-0.25, -0.2) is 23.1 Å². The number of nitrogens with zero attached hydrogens (tertiary/aromatic N) is 4. The summed E-state index contributed by atoms with van der Waals surface area (Å²) in [6.45, 7) is 3.68. The second-order valence-corrected chi connectivity index (χ2v) is 8.42. The zero-order valence-corrected chi connectivity index (χ0v) is 16.9. The van der Waals surface area contributed by atoms with Crippen molar-refractivity contribution in [3.05, 3.63) is 48.3 Å². The topological polar surface area (TPSA) is 113 Å². The van der Waals surface area contributed by atoms with Gasteiger partial charge in [-0.15, -0.1) is 0 Å². The lowest BCUT2D eigenvalue weighted by atomic mass is 10.2. The van der Waals surface area contributed by atoms with E-state index in [9.17, 15) is 18.0 Å². The van der Waals surface area contributed by atoms with E-state index >= 15 is 0 Å². The highest BCUT2D eigenvalue weighted by molar-refractivity contribution is 7.89. The number of carbonyl (C=O) groups is 2. The molecule has 1 N–H and O–H groups in total. The molecular weight excluding hydrogens is 394 g/mol. The van der Waals surface area contributed by atoms with E-state index in [-0.39, 0.29) is 29.6 Å². The van der Waals surface area contributed by atoms with E-state index in [1.165, 1.54) is 25.1 Å². The van der Waals surface area contributed by atoms with E-state index < -0.39 is 10.0 Å². The number of amides is 1. The predicted molar refractivity (Wildman–Crippen MR) is 107 cm³/mol. The Labute approximate surface area is 169 Å². The van der Waals surface area contributed by atoms with Gasteiger partial charge in [0.25, 0.3) is 0 Å². The van der Waals surface area contributed by atoms with Crippen LogP contribution in [0.15, 0.2) is 47.6 Å². The lowest BCUT2D eigenvalue weighted by Crippen LogP contribution is -2.49. The maximum absolute atomic E-state index is 12.4. The minimum absolute atomic E-state index is 0.00647. The summed E-state index contributed by atoms with van der Waals surface area (Å²) < 4.78 is 27.2. The number of rotatable bonds is 7. The van der Waals surface area contributed by atoms with Gasteiger partial charge in [0.2, 0.25) is 21.9 Å². The van der Waals surface area contributed by atoms with Gasteiger partial charge < -0.3 is 9.80 Å². The fourth-order valence-electron chi connectivity index (χ4n) is 3.03. The first-order valence-corrected chi connectivity index (χ1v) is 10.8. The van der Waals surface area contributed by atoms with Gasteiger partial charge in [-0.1, -0.05) is 12.1 Å². The Balaban J connectivity index is 1.49. The van der Waals surface area contributed by atoms with Crippen molar-refractivity contribution in [2.24, 2.45) is 0 Å². The first-order chi connectivity index (χ1) is 13.9. The molecule has 154 valence electrons. The van der Waals surface area contributed by atoms with Crippen molar-refractivity contribution in [2.45, 2.75) is 18.2 Å². The van der Waals surface area contributed by atoms with E-state index in [4.69, 9.17) is 0 Å². The van der Waals surface area contributed by atoms with E-state index in [2.05, 4.69) is 14.7 Å². The molecule has 2 heterocycles. The normalized spacial score (nSPS) is 14.7. The number of nitrogens with one attached hydrogen (secondary N) is 1. The SMILES string of the molecule is CC(=O)c1cccc(S(=O)(=O)NCCC(=O)N2CCN(c3ncccn3)CC2)c1. The molecule has 1 fully saturated rings. The molecule has 1 aromatic carbocycles. The van der Waals surface area contributed by atoms with Crippen LogP contribution < -0.4 is 9.62 Å². The van der Waals surface area contributed by atoms with Gasteiger partial charge in [0, 0.05) is 57.1 Å². The van der Waals surface area contributed by atoms with E-state index in [1.54, 1.807) is 29.4 Å². The maximum Gasteiger partial charge on any atom is 0.240 e. The smallest absolute Gasteiger partial charge is 0.240 e. The lowest BCUT2D eigenvalue weighted by Gasteiger charge is -2.34. The number of hydrogen-bond acceptors (Lipinski definition) is 7. The van der Waals surface area contributed by atoms with Crippen LogP contribution in [0.3, 0.4) is 0 Å². The molecule has 0 aliphatic carbocycles. The number of sulfonamides is 1. The quantitative estimate of drug-likeness (QED) is 0.660. The summed E-state index contributed by atoms with van der Waals surface area (Å²) in [5.74, 6) is 0.316. The fourth-order valence-corrected chi connectivity index (χ4v) is 4.10. The third-order valence-electron chi connectivity index (χ3n) is 4.65. The van der Waals surface area contributed by atoms with Gasteiger partial charge in [-0.2, -0.15) is 0 Å². The second kappa shape index (κ2) is 9.10. The Morgan fingerprint density at radius 3 is 2.41 bits per heavy atom. The highest BCUT2D eigenvalue weighted by Crippen LogP contribution is 2.13. The van der Waals surface area contributed by atoms with Crippen molar-refractivity contribution in [3.63, 3.8) is 0 Å². The number of benzene rings is 1. The van der Waals surface area contributed by atoms with Crippen molar-refractivity contribution in [1.29, 1.82) is 0 Å². The van der Waals surface area contributed by atoms with Crippen molar-refractivity contribution < 1.29 is 18.0 Å². The van der Waals surface area contributed by atoms with Gasteiger partial charge >= 0.3 is 0 Å². The molecule has 0 saturated carbocycles. The molecule has 1 aliphatic rings. The highest BCUT2D eigenvalue weighted by atomic mass is 32.2. The largest absolute Gasteiger partial charge is 0.339 e. The van der Waals surface area contributed by atoms with E-state index in [0.717, 1.165) is 0 Å². The molecule has 0 bridgehead atoms. The summed E-state index contributed by atoms with van der Waals surface area (Å²) in [4.78, 5) is 36.0. The van der Waals surface area contributed by atoms with Crippen LogP contribution >= 0.6 is 0 Å². The number of anilines is 1. The van der Waals surface area contributed by atoms with Gasteiger partial charge in [0.15, 0.2) is 5.78 Å².